The van der Waals surface area contributed by atoms with Gasteiger partial charge in [-0.15, -0.1) is 0 Å². The van der Waals surface area contributed by atoms with Crippen LogP contribution in [0.4, 0.5) is 0 Å². The molecule has 0 amide bonds. The van der Waals surface area contributed by atoms with Crippen molar-refractivity contribution in [2.24, 2.45) is 0 Å². The van der Waals surface area contributed by atoms with Crippen molar-refractivity contribution in [2.75, 3.05) is 7.11 Å². The highest BCUT2D eigenvalue weighted by molar-refractivity contribution is 5.92. The molecule has 88 valence electrons. The second-order valence-electron chi connectivity index (χ2n) is 3.76. The Labute approximate surface area is 99.9 Å². The van der Waals surface area contributed by atoms with Crippen LogP contribution in [0.3, 0.4) is 0 Å². The lowest BCUT2D eigenvalue weighted by molar-refractivity contribution is 0.101. The number of hydrogen-bond acceptors (Lipinski definition) is 3. The van der Waals surface area contributed by atoms with Gasteiger partial charge in [0, 0.05) is 25.8 Å². The fraction of sp³-hybridized carbons (Fsp3) is 0.231. The van der Waals surface area contributed by atoms with Crippen molar-refractivity contribution in [3.05, 3.63) is 42.2 Å². The van der Waals surface area contributed by atoms with E-state index in [0.29, 0.717) is 12.4 Å². The molecule has 0 aliphatic carbocycles. The van der Waals surface area contributed by atoms with E-state index in [9.17, 15) is 4.79 Å². The number of Topliss-reactive ketones (excluding diaryl/α,β-unsaturated/α-hetero) is 1. The number of hydrogen-bond donors (Lipinski definition) is 0. The number of benzene rings is 1. The number of ketones is 1. The molecule has 1 aromatic heterocycles. The maximum Gasteiger partial charge on any atom is 0.179 e. The molecule has 0 spiro atoms. The quantitative estimate of drug-likeness (QED) is 0.757. The summed E-state index contributed by atoms with van der Waals surface area (Å²) in [7, 11) is 1.61. The van der Waals surface area contributed by atoms with E-state index in [1.165, 1.54) is 6.92 Å². The summed E-state index contributed by atoms with van der Waals surface area (Å²) < 4.78 is 6.92. The first-order chi connectivity index (χ1) is 8.22. The molecule has 4 heteroatoms. The van der Waals surface area contributed by atoms with Gasteiger partial charge in [-0.05, 0) is 0 Å². The number of carbonyl (C=O) groups is 1. The molecular weight excluding hydrogens is 216 g/mol. The van der Waals surface area contributed by atoms with Crippen LogP contribution in [0.15, 0.2) is 36.5 Å². The SMILES string of the molecule is COCn1cc(C(C)=O)nc1-c1ccccc1. The van der Waals surface area contributed by atoms with Crippen LogP contribution in [0.25, 0.3) is 11.4 Å². The summed E-state index contributed by atoms with van der Waals surface area (Å²) in [5.41, 5.74) is 1.43. The summed E-state index contributed by atoms with van der Waals surface area (Å²) >= 11 is 0. The minimum atomic E-state index is -0.0444. The molecule has 0 unspecified atom stereocenters. The molecule has 0 bridgehead atoms. The first kappa shape index (κ1) is 11.5. The van der Waals surface area contributed by atoms with Crippen LogP contribution in [0.1, 0.15) is 17.4 Å². The molecule has 0 fully saturated rings. The molecule has 1 heterocycles. The van der Waals surface area contributed by atoms with Gasteiger partial charge in [0.2, 0.25) is 0 Å². The summed E-state index contributed by atoms with van der Waals surface area (Å²) in [5.74, 6) is 0.703. The van der Waals surface area contributed by atoms with E-state index >= 15 is 0 Å². The van der Waals surface area contributed by atoms with Gasteiger partial charge in [-0.1, -0.05) is 30.3 Å². The summed E-state index contributed by atoms with van der Waals surface area (Å²) in [6.07, 6.45) is 1.72. The van der Waals surface area contributed by atoms with Crippen LogP contribution in [0.5, 0.6) is 0 Å². The first-order valence-corrected chi connectivity index (χ1v) is 5.35. The van der Waals surface area contributed by atoms with Crippen LogP contribution in [0.2, 0.25) is 0 Å². The molecular formula is C13H14N2O2. The number of imidazole rings is 1. The van der Waals surface area contributed by atoms with Gasteiger partial charge >= 0.3 is 0 Å². The van der Waals surface area contributed by atoms with E-state index in [-0.39, 0.29) is 5.78 Å². The van der Waals surface area contributed by atoms with Crippen molar-refractivity contribution in [3.63, 3.8) is 0 Å². The zero-order valence-corrected chi connectivity index (χ0v) is 9.88. The highest BCUT2D eigenvalue weighted by Gasteiger charge is 2.12. The maximum atomic E-state index is 11.3. The Morgan fingerprint density at radius 2 is 2.06 bits per heavy atom. The van der Waals surface area contributed by atoms with Crippen LogP contribution >= 0.6 is 0 Å². The highest BCUT2D eigenvalue weighted by Crippen LogP contribution is 2.18. The summed E-state index contributed by atoms with van der Waals surface area (Å²) in [5, 5.41) is 0. The topological polar surface area (TPSA) is 44.1 Å². The van der Waals surface area contributed by atoms with Gasteiger partial charge in [0.05, 0.1) is 0 Å². The van der Waals surface area contributed by atoms with E-state index in [2.05, 4.69) is 4.98 Å². The Balaban J connectivity index is 2.48. The minimum Gasteiger partial charge on any atom is -0.364 e. The molecule has 0 aliphatic rings. The Hall–Kier alpha value is -1.94. The van der Waals surface area contributed by atoms with E-state index < -0.39 is 0 Å². The van der Waals surface area contributed by atoms with Gasteiger partial charge in [-0.25, -0.2) is 4.98 Å². The zero-order valence-electron chi connectivity index (χ0n) is 9.88. The van der Waals surface area contributed by atoms with Crippen LogP contribution in [-0.2, 0) is 11.5 Å². The molecule has 1 aromatic carbocycles. The van der Waals surface area contributed by atoms with Gasteiger partial charge in [0.25, 0.3) is 0 Å². The third kappa shape index (κ3) is 2.42. The summed E-state index contributed by atoms with van der Waals surface area (Å²) in [4.78, 5) is 15.7. The number of aromatic nitrogens is 2. The molecule has 0 saturated heterocycles. The van der Waals surface area contributed by atoms with E-state index in [1.54, 1.807) is 13.3 Å². The van der Waals surface area contributed by atoms with Crippen LogP contribution in [0, 0.1) is 0 Å². The fourth-order valence-corrected chi connectivity index (χ4v) is 1.64. The number of rotatable bonds is 4. The Kier molecular flexibility index (Phi) is 3.35. The Morgan fingerprint density at radius 3 is 2.65 bits per heavy atom. The Morgan fingerprint density at radius 1 is 1.35 bits per heavy atom. The molecule has 2 aromatic rings. The van der Waals surface area contributed by atoms with Crippen LogP contribution in [-0.4, -0.2) is 22.4 Å². The van der Waals surface area contributed by atoms with Gasteiger partial charge in [0.15, 0.2) is 5.78 Å². The first-order valence-electron chi connectivity index (χ1n) is 5.35. The van der Waals surface area contributed by atoms with Crippen molar-refractivity contribution in [1.82, 2.24) is 9.55 Å². The lowest BCUT2D eigenvalue weighted by atomic mass is 10.2. The third-order valence-corrected chi connectivity index (χ3v) is 2.44. The van der Waals surface area contributed by atoms with E-state index in [0.717, 1.165) is 11.4 Å². The van der Waals surface area contributed by atoms with Crippen molar-refractivity contribution in [2.45, 2.75) is 13.7 Å². The van der Waals surface area contributed by atoms with Gasteiger partial charge in [-0.3, -0.25) is 4.79 Å². The van der Waals surface area contributed by atoms with Crippen molar-refractivity contribution in [1.29, 1.82) is 0 Å². The number of nitrogens with zero attached hydrogens (tertiary/aromatic N) is 2. The monoisotopic (exact) mass is 230 g/mol. The van der Waals surface area contributed by atoms with E-state index in [4.69, 9.17) is 4.74 Å². The normalized spacial score (nSPS) is 10.5. The predicted octanol–water partition coefficient (Wildman–Crippen LogP) is 2.36. The number of ether oxygens (including phenoxy) is 1. The smallest absolute Gasteiger partial charge is 0.179 e. The minimum absolute atomic E-state index is 0.0444. The van der Waals surface area contributed by atoms with Crippen LogP contribution < -0.4 is 0 Å². The number of carbonyl (C=O) groups excluding carboxylic acids is 1. The molecule has 4 nitrogen and oxygen atoms in total. The summed E-state index contributed by atoms with van der Waals surface area (Å²) in [6.45, 7) is 1.89. The van der Waals surface area contributed by atoms with Gasteiger partial charge in [-0.2, -0.15) is 0 Å². The van der Waals surface area contributed by atoms with E-state index in [1.807, 2.05) is 34.9 Å². The molecule has 17 heavy (non-hydrogen) atoms. The average Bonchev–Trinajstić information content (AvgIpc) is 2.75. The largest absolute Gasteiger partial charge is 0.364 e. The molecule has 0 N–H and O–H groups in total. The molecule has 0 radical (unpaired) electrons. The van der Waals surface area contributed by atoms with Gasteiger partial charge < -0.3 is 9.30 Å². The van der Waals surface area contributed by atoms with Crippen molar-refractivity contribution in [3.8, 4) is 11.4 Å². The fourth-order valence-electron chi connectivity index (χ4n) is 1.64. The molecule has 0 aliphatic heterocycles. The molecule has 0 atom stereocenters. The van der Waals surface area contributed by atoms with Crippen molar-refractivity contribution >= 4 is 5.78 Å². The lowest BCUT2D eigenvalue weighted by Crippen LogP contribution is -2.00. The molecule has 0 saturated carbocycles. The average molecular weight is 230 g/mol. The predicted molar refractivity (Wildman–Crippen MR) is 64.7 cm³/mol. The second-order valence-corrected chi connectivity index (χ2v) is 3.76. The van der Waals surface area contributed by atoms with Crippen molar-refractivity contribution < 1.29 is 9.53 Å². The zero-order chi connectivity index (χ0) is 12.3. The highest BCUT2D eigenvalue weighted by atomic mass is 16.5. The number of methoxy groups -OCH3 is 1. The standard InChI is InChI=1S/C13H14N2O2/c1-10(16)12-8-15(9-17-2)13(14-12)11-6-4-3-5-7-11/h3-8H,9H2,1-2H3. The third-order valence-electron chi connectivity index (χ3n) is 2.44. The maximum absolute atomic E-state index is 11.3. The molecule has 2 rings (SSSR count). The summed E-state index contributed by atoms with van der Waals surface area (Å²) in [6, 6.07) is 9.74. The van der Waals surface area contributed by atoms with Gasteiger partial charge in [0.1, 0.15) is 18.2 Å². The second kappa shape index (κ2) is 4.93. The lowest BCUT2D eigenvalue weighted by Gasteiger charge is -2.05. The Bertz CT molecular complexity index is 517.